The molecule has 5 nitrogen and oxygen atoms in total. The predicted octanol–water partition coefficient (Wildman–Crippen LogP) is 3.24. The van der Waals surface area contributed by atoms with Crippen LogP contribution in [0.1, 0.15) is 21.5 Å². The van der Waals surface area contributed by atoms with E-state index in [0.29, 0.717) is 34.2 Å². The van der Waals surface area contributed by atoms with Gasteiger partial charge in [-0.3, -0.25) is 4.79 Å². The Bertz CT molecular complexity index is 938. The van der Waals surface area contributed by atoms with E-state index in [1.165, 1.54) is 12.1 Å². The van der Waals surface area contributed by atoms with Gasteiger partial charge in [-0.2, -0.15) is 0 Å². The first-order valence-corrected chi connectivity index (χ1v) is 9.60. The van der Waals surface area contributed by atoms with Crippen LogP contribution in [0.2, 0.25) is 5.02 Å². The molecule has 0 radical (unpaired) electrons. The van der Waals surface area contributed by atoms with Gasteiger partial charge in [-0.1, -0.05) is 11.6 Å². The summed E-state index contributed by atoms with van der Waals surface area (Å²) in [7, 11) is -3.29. The first-order valence-electron chi connectivity index (χ1n) is 7.33. The van der Waals surface area contributed by atoms with Crippen molar-refractivity contribution in [2.75, 3.05) is 18.2 Å². The van der Waals surface area contributed by atoms with E-state index in [1.807, 2.05) is 0 Å². The summed E-state index contributed by atoms with van der Waals surface area (Å²) in [5, 5.41) is 3.27. The molecule has 0 aromatic heterocycles. The number of fused-ring (bicyclic) bond motifs is 1. The minimum absolute atomic E-state index is 0.213. The Morgan fingerprint density at radius 2 is 2.00 bits per heavy atom. The number of hydrogen-bond acceptors (Lipinski definition) is 4. The van der Waals surface area contributed by atoms with Gasteiger partial charge in [-0.05, 0) is 48.4 Å². The van der Waals surface area contributed by atoms with Crippen molar-refractivity contribution < 1.29 is 17.9 Å². The summed E-state index contributed by atoms with van der Waals surface area (Å²) in [4.78, 5) is 12.8. The van der Waals surface area contributed by atoms with Gasteiger partial charge in [-0.15, -0.1) is 0 Å². The summed E-state index contributed by atoms with van der Waals surface area (Å²) in [5.74, 6) is 0.216. The lowest BCUT2D eigenvalue weighted by Crippen LogP contribution is -2.14. The van der Waals surface area contributed by atoms with E-state index in [2.05, 4.69) is 5.32 Å². The van der Waals surface area contributed by atoms with Gasteiger partial charge >= 0.3 is 0 Å². The Morgan fingerprint density at radius 1 is 1.25 bits per heavy atom. The molecule has 1 aliphatic rings. The van der Waals surface area contributed by atoms with Crippen molar-refractivity contribution >= 4 is 33.0 Å². The lowest BCUT2D eigenvalue weighted by molar-refractivity contribution is 0.102. The lowest BCUT2D eigenvalue weighted by Gasteiger charge is -2.12. The fourth-order valence-electron chi connectivity index (χ4n) is 2.63. The van der Waals surface area contributed by atoms with Crippen LogP contribution < -0.4 is 10.1 Å². The molecule has 2 aromatic carbocycles. The molecule has 7 heteroatoms. The van der Waals surface area contributed by atoms with E-state index in [9.17, 15) is 13.2 Å². The van der Waals surface area contributed by atoms with Crippen molar-refractivity contribution in [3.8, 4) is 5.75 Å². The van der Waals surface area contributed by atoms with Gasteiger partial charge in [0.25, 0.3) is 5.91 Å². The molecule has 0 unspecified atom stereocenters. The largest absolute Gasteiger partial charge is 0.492 e. The Balaban J connectivity index is 1.91. The maximum Gasteiger partial charge on any atom is 0.259 e. The molecule has 1 aliphatic heterocycles. The molecule has 0 spiro atoms. The van der Waals surface area contributed by atoms with E-state index in [0.717, 1.165) is 18.2 Å². The van der Waals surface area contributed by atoms with Gasteiger partial charge in [0, 0.05) is 23.4 Å². The Labute approximate surface area is 145 Å². The van der Waals surface area contributed by atoms with Gasteiger partial charge in [0.05, 0.1) is 17.1 Å². The smallest absolute Gasteiger partial charge is 0.259 e. The third-order valence-electron chi connectivity index (χ3n) is 3.87. The maximum atomic E-state index is 12.6. The molecule has 0 aliphatic carbocycles. The zero-order valence-corrected chi connectivity index (χ0v) is 14.8. The van der Waals surface area contributed by atoms with Gasteiger partial charge in [0.2, 0.25) is 0 Å². The Hall–Kier alpha value is -2.05. The zero-order valence-electron chi connectivity index (χ0n) is 13.2. The number of rotatable bonds is 3. The molecule has 0 saturated carbocycles. The second-order valence-electron chi connectivity index (χ2n) is 5.74. The van der Waals surface area contributed by atoms with Crippen LogP contribution in [-0.4, -0.2) is 27.2 Å². The van der Waals surface area contributed by atoms with Gasteiger partial charge in [-0.25, -0.2) is 8.42 Å². The molecule has 0 atom stereocenters. The highest BCUT2D eigenvalue weighted by Crippen LogP contribution is 2.33. The Kier molecular flexibility index (Phi) is 4.27. The summed E-state index contributed by atoms with van der Waals surface area (Å²) >= 11 is 6.08. The number of halogens is 1. The molecule has 1 amide bonds. The maximum absolute atomic E-state index is 12.6. The van der Waals surface area contributed by atoms with E-state index >= 15 is 0 Å². The molecule has 1 heterocycles. The van der Waals surface area contributed by atoms with E-state index in [-0.39, 0.29) is 10.8 Å². The van der Waals surface area contributed by atoms with Crippen LogP contribution >= 0.6 is 11.6 Å². The van der Waals surface area contributed by atoms with Gasteiger partial charge in [0.15, 0.2) is 9.84 Å². The number of carbonyl (C=O) groups excluding carboxylic acids is 1. The fraction of sp³-hybridized carbons (Fsp3) is 0.235. The second-order valence-corrected chi connectivity index (χ2v) is 8.20. The van der Waals surface area contributed by atoms with Crippen LogP contribution in [0, 0.1) is 6.92 Å². The normalized spacial score (nSPS) is 13.3. The summed E-state index contributed by atoms with van der Waals surface area (Å²) < 4.78 is 28.7. The number of benzene rings is 2. The molecule has 2 aromatic rings. The van der Waals surface area contributed by atoms with Crippen LogP contribution in [0.15, 0.2) is 35.2 Å². The monoisotopic (exact) mass is 365 g/mol. The van der Waals surface area contributed by atoms with Crippen molar-refractivity contribution in [1.82, 2.24) is 0 Å². The highest BCUT2D eigenvalue weighted by atomic mass is 35.5. The van der Waals surface area contributed by atoms with E-state index in [4.69, 9.17) is 16.3 Å². The third kappa shape index (κ3) is 3.25. The number of aryl methyl sites for hydroxylation is 1. The number of carbonyl (C=O) groups is 1. The van der Waals surface area contributed by atoms with Crippen molar-refractivity contribution in [3.63, 3.8) is 0 Å². The molecule has 1 N–H and O–H groups in total. The van der Waals surface area contributed by atoms with Gasteiger partial charge < -0.3 is 10.1 Å². The number of nitrogens with one attached hydrogen (secondary N) is 1. The van der Waals surface area contributed by atoms with Crippen LogP contribution in [-0.2, 0) is 16.3 Å². The minimum Gasteiger partial charge on any atom is -0.492 e. The molecule has 0 saturated heterocycles. The summed E-state index contributed by atoms with van der Waals surface area (Å²) in [5.41, 5.74) is 2.49. The van der Waals surface area contributed by atoms with Crippen molar-refractivity contribution in [2.24, 2.45) is 0 Å². The average Bonchev–Trinajstić information content (AvgIpc) is 2.95. The standard InChI is InChI=1S/C17H16ClNO4S/c1-10-7-13(24(2,21)22)3-4-15(10)19-17(20)14-9-12(18)8-11-5-6-23-16(11)14/h3-4,7-9H,5-6H2,1-2H3,(H,19,20). The summed E-state index contributed by atoms with van der Waals surface area (Å²) in [6, 6.07) is 7.95. The number of amides is 1. The highest BCUT2D eigenvalue weighted by Gasteiger charge is 2.22. The van der Waals surface area contributed by atoms with Gasteiger partial charge in [0.1, 0.15) is 5.75 Å². The molecule has 24 heavy (non-hydrogen) atoms. The summed E-state index contributed by atoms with van der Waals surface area (Å²) in [6.45, 7) is 2.27. The SMILES string of the molecule is Cc1cc(S(C)(=O)=O)ccc1NC(=O)c1cc(Cl)cc2c1OCC2. The lowest BCUT2D eigenvalue weighted by atomic mass is 10.1. The molecule has 126 valence electrons. The quantitative estimate of drug-likeness (QED) is 0.906. The van der Waals surface area contributed by atoms with Crippen molar-refractivity contribution in [1.29, 1.82) is 0 Å². The van der Waals surface area contributed by atoms with Crippen molar-refractivity contribution in [2.45, 2.75) is 18.2 Å². The highest BCUT2D eigenvalue weighted by molar-refractivity contribution is 7.90. The van der Waals surface area contributed by atoms with Crippen LogP contribution in [0.25, 0.3) is 0 Å². The molecule has 0 fully saturated rings. The van der Waals surface area contributed by atoms with E-state index < -0.39 is 9.84 Å². The molecule has 0 bridgehead atoms. The molecule has 3 rings (SSSR count). The number of ether oxygens (including phenoxy) is 1. The fourth-order valence-corrected chi connectivity index (χ4v) is 3.58. The second kappa shape index (κ2) is 6.11. The minimum atomic E-state index is -3.29. The molecular weight excluding hydrogens is 350 g/mol. The van der Waals surface area contributed by atoms with Crippen LogP contribution in [0.5, 0.6) is 5.75 Å². The van der Waals surface area contributed by atoms with Crippen LogP contribution in [0.4, 0.5) is 5.69 Å². The number of hydrogen-bond donors (Lipinski definition) is 1. The predicted molar refractivity (Wildman–Crippen MR) is 92.9 cm³/mol. The number of anilines is 1. The Morgan fingerprint density at radius 3 is 2.67 bits per heavy atom. The van der Waals surface area contributed by atoms with Crippen molar-refractivity contribution in [3.05, 3.63) is 52.0 Å². The zero-order chi connectivity index (χ0) is 17.5. The number of sulfone groups is 1. The average molecular weight is 366 g/mol. The van der Waals surface area contributed by atoms with E-state index in [1.54, 1.807) is 25.1 Å². The molecular formula is C17H16ClNO4S. The summed E-state index contributed by atoms with van der Waals surface area (Å²) in [6.07, 6.45) is 1.87. The first-order chi connectivity index (χ1) is 11.3. The van der Waals surface area contributed by atoms with Crippen LogP contribution in [0.3, 0.4) is 0 Å². The topological polar surface area (TPSA) is 72.5 Å². The first kappa shape index (κ1) is 16.8. The third-order valence-corrected chi connectivity index (χ3v) is 5.20.